The highest BCUT2D eigenvalue weighted by molar-refractivity contribution is 5.11. The minimum absolute atomic E-state index is 0.0664. The number of aliphatic hydroxyl groups is 1. The van der Waals surface area contributed by atoms with Gasteiger partial charge in [0, 0.05) is 0 Å². The Kier molecular flexibility index (Phi) is 4.88. The van der Waals surface area contributed by atoms with E-state index >= 15 is 0 Å². The lowest BCUT2D eigenvalue weighted by atomic mass is 9.49. The molecule has 0 amide bonds. The molecular formula is C21H38O2. The van der Waals surface area contributed by atoms with Gasteiger partial charge in [-0.05, 0) is 67.6 Å². The van der Waals surface area contributed by atoms with Crippen LogP contribution in [0.4, 0.5) is 0 Å². The predicted molar refractivity (Wildman–Crippen MR) is 95.4 cm³/mol. The zero-order valence-electron chi connectivity index (χ0n) is 15.9. The Labute approximate surface area is 143 Å². The SMILES string of the molecule is CCCCC(O)COC12CCCC(C)(CCC3C1CC3(C)C)C2. The van der Waals surface area contributed by atoms with Crippen LogP contribution >= 0.6 is 0 Å². The van der Waals surface area contributed by atoms with Crippen LogP contribution in [0.3, 0.4) is 0 Å². The van der Waals surface area contributed by atoms with Crippen LogP contribution in [0.2, 0.25) is 0 Å². The summed E-state index contributed by atoms with van der Waals surface area (Å²) < 4.78 is 6.62. The Bertz CT molecular complexity index is 418. The molecule has 0 aromatic carbocycles. The van der Waals surface area contributed by atoms with E-state index in [1.165, 1.54) is 44.9 Å². The van der Waals surface area contributed by atoms with Crippen LogP contribution in [-0.4, -0.2) is 23.4 Å². The van der Waals surface area contributed by atoms with Gasteiger partial charge in [0.2, 0.25) is 0 Å². The van der Waals surface area contributed by atoms with Crippen molar-refractivity contribution in [1.29, 1.82) is 0 Å². The molecule has 0 aliphatic heterocycles. The van der Waals surface area contributed by atoms with E-state index in [0.717, 1.165) is 31.1 Å². The van der Waals surface area contributed by atoms with Crippen molar-refractivity contribution >= 4 is 0 Å². The largest absolute Gasteiger partial charge is 0.391 e. The molecule has 23 heavy (non-hydrogen) atoms. The van der Waals surface area contributed by atoms with Gasteiger partial charge in [0.1, 0.15) is 0 Å². The zero-order chi connectivity index (χ0) is 16.7. The average Bonchev–Trinajstić information content (AvgIpc) is 2.55. The van der Waals surface area contributed by atoms with Crippen LogP contribution in [-0.2, 0) is 4.74 Å². The fraction of sp³-hybridized carbons (Fsp3) is 1.00. The third-order valence-electron chi connectivity index (χ3n) is 7.53. The first-order chi connectivity index (χ1) is 10.8. The van der Waals surface area contributed by atoms with Crippen LogP contribution in [0.25, 0.3) is 0 Å². The first-order valence-electron chi connectivity index (χ1n) is 10.1. The minimum Gasteiger partial charge on any atom is -0.391 e. The molecule has 1 N–H and O–H groups in total. The molecule has 3 fully saturated rings. The molecule has 2 nitrogen and oxygen atoms in total. The van der Waals surface area contributed by atoms with E-state index in [0.29, 0.717) is 17.4 Å². The van der Waals surface area contributed by atoms with Gasteiger partial charge in [-0.15, -0.1) is 0 Å². The van der Waals surface area contributed by atoms with E-state index in [-0.39, 0.29) is 11.7 Å². The Balaban J connectivity index is 1.73. The molecule has 0 spiro atoms. The van der Waals surface area contributed by atoms with Crippen molar-refractivity contribution in [2.75, 3.05) is 6.61 Å². The average molecular weight is 323 g/mol. The molecule has 0 aromatic rings. The van der Waals surface area contributed by atoms with Crippen LogP contribution < -0.4 is 0 Å². The summed E-state index contributed by atoms with van der Waals surface area (Å²) in [4.78, 5) is 0. The lowest BCUT2D eigenvalue weighted by Gasteiger charge is -2.59. The summed E-state index contributed by atoms with van der Waals surface area (Å²) in [5.74, 6) is 1.56. The molecule has 3 aliphatic carbocycles. The first kappa shape index (κ1) is 17.7. The van der Waals surface area contributed by atoms with Crippen LogP contribution in [0.15, 0.2) is 0 Å². The van der Waals surface area contributed by atoms with Crippen LogP contribution in [0, 0.1) is 22.7 Å². The van der Waals surface area contributed by atoms with Gasteiger partial charge in [-0.3, -0.25) is 0 Å². The van der Waals surface area contributed by atoms with Gasteiger partial charge in [0.05, 0.1) is 18.3 Å². The standard InChI is InChI=1S/C21H38O2/c1-5-6-8-16(22)14-23-21-11-7-10-20(4,15-21)12-9-17-18(21)13-19(17,2)3/h16-18,22H,5-15H2,1-4H3. The smallest absolute Gasteiger partial charge is 0.0774 e. The van der Waals surface area contributed by atoms with Crippen molar-refractivity contribution in [3.8, 4) is 0 Å². The van der Waals surface area contributed by atoms with Crippen LogP contribution in [0.1, 0.15) is 91.9 Å². The van der Waals surface area contributed by atoms with Crippen molar-refractivity contribution in [3.63, 3.8) is 0 Å². The lowest BCUT2D eigenvalue weighted by molar-refractivity contribution is -0.202. The van der Waals surface area contributed by atoms with Crippen molar-refractivity contribution < 1.29 is 9.84 Å². The molecule has 2 bridgehead atoms. The maximum atomic E-state index is 10.3. The highest BCUT2D eigenvalue weighted by atomic mass is 16.5. The van der Waals surface area contributed by atoms with Gasteiger partial charge in [-0.1, -0.05) is 47.0 Å². The van der Waals surface area contributed by atoms with E-state index in [1.54, 1.807) is 0 Å². The van der Waals surface area contributed by atoms with E-state index in [4.69, 9.17) is 4.74 Å². The third-order valence-corrected chi connectivity index (χ3v) is 7.53. The van der Waals surface area contributed by atoms with E-state index in [2.05, 4.69) is 27.7 Å². The number of hydrogen-bond acceptors (Lipinski definition) is 2. The number of unbranched alkanes of at least 4 members (excludes halogenated alkanes) is 1. The Morgan fingerprint density at radius 3 is 2.61 bits per heavy atom. The number of hydrogen-bond donors (Lipinski definition) is 1. The molecule has 5 unspecified atom stereocenters. The Morgan fingerprint density at radius 2 is 1.91 bits per heavy atom. The third kappa shape index (κ3) is 3.35. The fourth-order valence-electron chi connectivity index (χ4n) is 6.15. The summed E-state index contributed by atoms with van der Waals surface area (Å²) in [5.41, 5.74) is 1.03. The molecule has 3 saturated carbocycles. The number of fused-ring (bicyclic) bond motifs is 4. The van der Waals surface area contributed by atoms with Gasteiger partial charge >= 0.3 is 0 Å². The summed E-state index contributed by atoms with van der Waals surface area (Å²) in [6.45, 7) is 10.1. The van der Waals surface area contributed by atoms with Crippen LogP contribution in [0.5, 0.6) is 0 Å². The van der Waals surface area contributed by atoms with Crippen molar-refractivity contribution in [2.45, 2.75) is 104 Å². The summed E-state index contributed by atoms with van der Waals surface area (Å²) in [6.07, 6.45) is 12.1. The maximum absolute atomic E-state index is 10.3. The fourth-order valence-corrected chi connectivity index (χ4v) is 6.15. The zero-order valence-corrected chi connectivity index (χ0v) is 15.9. The van der Waals surface area contributed by atoms with Gasteiger partial charge in [-0.2, -0.15) is 0 Å². The summed E-state index contributed by atoms with van der Waals surface area (Å²) in [5, 5.41) is 10.3. The molecule has 0 saturated heterocycles. The minimum atomic E-state index is -0.271. The molecule has 2 heteroatoms. The lowest BCUT2D eigenvalue weighted by Crippen LogP contribution is -2.57. The van der Waals surface area contributed by atoms with Gasteiger partial charge < -0.3 is 9.84 Å². The number of ether oxygens (including phenoxy) is 1. The Morgan fingerprint density at radius 1 is 1.13 bits per heavy atom. The molecule has 0 aromatic heterocycles. The predicted octanol–water partition coefficient (Wildman–Crippen LogP) is 5.33. The van der Waals surface area contributed by atoms with E-state index in [1.807, 2.05) is 0 Å². The second-order valence-corrected chi connectivity index (χ2v) is 9.96. The summed E-state index contributed by atoms with van der Waals surface area (Å²) in [6, 6.07) is 0. The molecule has 0 heterocycles. The van der Waals surface area contributed by atoms with E-state index < -0.39 is 0 Å². The maximum Gasteiger partial charge on any atom is 0.0774 e. The van der Waals surface area contributed by atoms with Gasteiger partial charge in [0.25, 0.3) is 0 Å². The van der Waals surface area contributed by atoms with E-state index in [9.17, 15) is 5.11 Å². The molecule has 3 aliphatic rings. The van der Waals surface area contributed by atoms with Crippen molar-refractivity contribution in [1.82, 2.24) is 0 Å². The van der Waals surface area contributed by atoms with Crippen molar-refractivity contribution in [3.05, 3.63) is 0 Å². The number of rotatable bonds is 6. The normalized spacial score (nSPS) is 43.2. The number of aliphatic hydroxyl groups excluding tert-OH is 1. The highest BCUT2D eigenvalue weighted by Crippen LogP contribution is 2.65. The Hall–Kier alpha value is -0.0800. The quantitative estimate of drug-likeness (QED) is 0.716. The second kappa shape index (κ2) is 6.33. The van der Waals surface area contributed by atoms with Crippen molar-refractivity contribution in [2.24, 2.45) is 22.7 Å². The highest BCUT2D eigenvalue weighted by Gasteiger charge is 2.61. The van der Waals surface area contributed by atoms with Gasteiger partial charge in [-0.25, -0.2) is 0 Å². The molecule has 3 rings (SSSR count). The molecule has 134 valence electrons. The molecule has 5 atom stereocenters. The van der Waals surface area contributed by atoms with Gasteiger partial charge in [0.15, 0.2) is 0 Å². The monoisotopic (exact) mass is 322 g/mol. The second-order valence-electron chi connectivity index (χ2n) is 9.96. The first-order valence-corrected chi connectivity index (χ1v) is 10.1. The molecule has 0 radical (unpaired) electrons. The molecular weight excluding hydrogens is 284 g/mol. The topological polar surface area (TPSA) is 29.5 Å². The summed E-state index contributed by atoms with van der Waals surface area (Å²) >= 11 is 0. The summed E-state index contributed by atoms with van der Waals surface area (Å²) in [7, 11) is 0.